The topological polar surface area (TPSA) is 87.9 Å². The number of ether oxygens (including phenoxy) is 1. The van der Waals surface area contributed by atoms with Crippen molar-refractivity contribution in [2.24, 2.45) is 0 Å². The molecule has 0 bridgehead atoms. The van der Waals surface area contributed by atoms with Gasteiger partial charge in [-0.1, -0.05) is 43.0 Å². The Balaban J connectivity index is 0.00000341. The first-order valence-electron chi connectivity index (χ1n) is 9.39. The number of benzene rings is 1. The van der Waals surface area contributed by atoms with Gasteiger partial charge in [0.05, 0.1) is 4.53 Å². The molecule has 6 nitrogen and oxygen atoms in total. The summed E-state index contributed by atoms with van der Waals surface area (Å²) in [6.45, 7) is 7.65. The number of carbonyl (C=O) groups excluding carboxylic acids is 1. The van der Waals surface area contributed by atoms with Gasteiger partial charge >= 0.3 is 5.97 Å². The molecule has 3 rings (SSSR count). The molecule has 7 heteroatoms. The number of hydrogen-bond donors (Lipinski definition) is 1. The summed E-state index contributed by atoms with van der Waals surface area (Å²) < 4.78 is 7.11. The summed E-state index contributed by atoms with van der Waals surface area (Å²) in [5.74, 6) is -0.767. The molecule has 2 heterocycles. The Kier molecular flexibility index (Phi) is 6.50. The Hall–Kier alpha value is -3.63. The van der Waals surface area contributed by atoms with Crippen molar-refractivity contribution in [1.82, 2.24) is 9.55 Å². The lowest BCUT2D eigenvalue weighted by Crippen LogP contribution is -2.32. The van der Waals surface area contributed by atoms with Crippen LogP contribution in [0, 0.1) is 18.3 Å². The van der Waals surface area contributed by atoms with Gasteiger partial charge in [-0.15, -0.1) is 11.3 Å². The quantitative estimate of drug-likeness (QED) is 0.490. The molecular formula is C23H23N3O3S. The molecule has 0 aliphatic rings. The number of nitrogens with zero attached hydrogens (tertiary/aromatic N) is 2. The maximum atomic E-state index is 12.7. The highest BCUT2D eigenvalue weighted by Gasteiger charge is 2.16. The van der Waals surface area contributed by atoms with Crippen LogP contribution in [0.15, 0.2) is 47.9 Å². The number of hydrogen-bond acceptors (Lipinski definition) is 5. The minimum atomic E-state index is -0.767. The van der Waals surface area contributed by atoms with E-state index < -0.39 is 5.97 Å². The van der Waals surface area contributed by atoms with Crippen LogP contribution in [0.2, 0.25) is 0 Å². The Bertz CT molecular complexity index is 1370. The van der Waals surface area contributed by atoms with Gasteiger partial charge in [0.1, 0.15) is 17.3 Å². The molecular weight excluding hydrogens is 398 g/mol. The van der Waals surface area contributed by atoms with Crippen molar-refractivity contribution >= 4 is 45.9 Å². The molecule has 0 saturated heterocycles. The van der Waals surface area contributed by atoms with Gasteiger partial charge in [0.15, 0.2) is 5.57 Å². The first-order valence-corrected chi connectivity index (χ1v) is 10.2. The summed E-state index contributed by atoms with van der Waals surface area (Å²) in [4.78, 5) is 28.2. The Morgan fingerprint density at radius 2 is 2.27 bits per heavy atom. The zero-order valence-electron chi connectivity index (χ0n) is 16.8. The third kappa shape index (κ3) is 4.04. The van der Waals surface area contributed by atoms with Gasteiger partial charge in [0.25, 0.3) is 5.56 Å². The first kappa shape index (κ1) is 21.1. The largest absolute Gasteiger partial charge is 0.457 e. The van der Waals surface area contributed by atoms with Crippen molar-refractivity contribution in [3.8, 4) is 6.07 Å². The van der Waals surface area contributed by atoms with Crippen LogP contribution < -0.4 is 14.8 Å². The average Bonchev–Trinajstić information content (AvgIpc) is 3.29. The molecule has 0 spiro atoms. The van der Waals surface area contributed by atoms with E-state index in [1.165, 1.54) is 10.6 Å². The van der Waals surface area contributed by atoms with Gasteiger partial charge in [-0.25, -0.2) is 4.79 Å². The molecule has 0 unspecified atom stereocenters. The van der Waals surface area contributed by atoms with Crippen LogP contribution in [0.4, 0.5) is 0 Å². The molecule has 0 fully saturated rings. The number of H-pyrrole nitrogens is 1. The number of aromatic nitrogens is 2. The van der Waals surface area contributed by atoms with Crippen molar-refractivity contribution in [3.05, 3.63) is 73.8 Å². The molecule has 2 aromatic heterocycles. The van der Waals surface area contributed by atoms with E-state index in [1.807, 2.05) is 43.5 Å². The molecule has 30 heavy (non-hydrogen) atoms. The molecule has 0 aliphatic carbocycles. The molecule has 0 saturated carbocycles. The normalized spacial score (nSPS) is 12.9. The van der Waals surface area contributed by atoms with Crippen LogP contribution in [0.5, 0.6) is 0 Å². The Morgan fingerprint density at radius 1 is 1.47 bits per heavy atom. The van der Waals surface area contributed by atoms with Crippen LogP contribution in [0.3, 0.4) is 0 Å². The fourth-order valence-electron chi connectivity index (χ4n) is 3.10. The van der Waals surface area contributed by atoms with Crippen molar-refractivity contribution < 1.29 is 11.0 Å². The summed E-state index contributed by atoms with van der Waals surface area (Å²) in [6.07, 6.45) is 8.75. The number of aromatic amines is 1. The molecule has 1 aromatic carbocycles. The highest BCUT2D eigenvalue weighted by Crippen LogP contribution is 2.22. The van der Waals surface area contributed by atoms with Gasteiger partial charge in [-0.2, -0.15) is 5.26 Å². The lowest BCUT2D eigenvalue weighted by molar-refractivity contribution is -0.135. The SMILES string of the molecule is C=CCOC(=O)/C(C#N)=c1\sc(=CC=Cc2c[nH]c3c(C)cccc23)c(=O)n1CC.[HH]. The van der Waals surface area contributed by atoms with E-state index >= 15 is 0 Å². The van der Waals surface area contributed by atoms with Crippen LogP contribution in [-0.4, -0.2) is 22.1 Å². The number of carbonyl (C=O) groups is 1. The van der Waals surface area contributed by atoms with Crippen LogP contribution in [0.25, 0.3) is 28.6 Å². The highest BCUT2D eigenvalue weighted by molar-refractivity contribution is 7.07. The first-order chi connectivity index (χ1) is 14.5. The van der Waals surface area contributed by atoms with Crippen LogP contribution >= 0.6 is 11.3 Å². The third-order valence-electron chi connectivity index (χ3n) is 4.57. The van der Waals surface area contributed by atoms with E-state index in [9.17, 15) is 14.9 Å². The molecule has 3 aromatic rings. The fraction of sp³-hybridized carbons (Fsp3) is 0.174. The average molecular weight is 422 g/mol. The van der Waals surface area contributed by atoms with E-state index in [2.05, 4.69) is 11.6 Å². The number of esters is 1. The summed E-state index contributed by atoms with van der Waals surface area (Å²) >= 11 is 1.10. The maximum Gasteiger partial charge on any atom is 0.352 e. The van der Waals surface area contributed by atoms with Crippen molar-refractivity contribution in [2.45, 2.75) is 20.4 Å². The lowest BCUT2D eigenvalue weighted by atomic mass is 10.1. The van der Waals surface area contributed by atoms with Gasteiger partial charge in [-0.05, 0) is 31.1 Å². The zero-order chi connectivity index (χ0) is 21.7. The molecule has 154 valence electrons. The van der Waals surface area contributed by atoms with Crippen molar-refractivity contribution in [1.29, 1.82) is 5.26 Å². The number of allylic oxidation sites excluding steroid dienone is 1. The number of thiazole rings is 1. The second-order valence-corrected chi connectivity index (χ2v) is 7.49. The lowest BCUT2D eigenvalue weighted by Gasteiger charge is -2.00. The smallest absolute Gasteiger partial charge is 0.352 e. The number of nitrogens with one attached hydrogen (secondary N) is 1. The molecule has 0 atom stereocenters. The number of fused-ring (bicyclic) bond motifs is 1. The standard InChI is InChI=1S/C23H21N3O3S.H2/c1-4-12-29-23(28)18(13-24)22-26(5-2)21(27)19(30-22)11-7-9-16-14-25-20-15(3)8-6-10-17(16)20;/h4,6-11,14,25H,1,5,12H2,2-3H3;1H/b9-7?,19-11?,22-18-;. The van der Waals surface area contributed by atoms with E-state index in [0.29, 0.717) is 15.7 Å². The summed E-state index contributed by atoms with van der Waals surface area (Å²) in [6, 6.07) is 7.95. The van der Waals surface area contributed by atoms with Crippen molar-refractivity contribution in [3.63, 3.8) is 0 Å². The van der Waals surface area contributed by atoms with Crippen molar-refractivity contribution in [2.75, 3.05) is 6.61 Å². The summed E-state index contributed by atoms with van der Waals surface area (Å²) in [5, 5.41) is 10.5. The number of para-hydroxylation sites is 1. The monoisotopic (exact) mass is 421 g/mol. The number of rotatable bonds is 6. The van der Waals surface area contributed by atoms with E-state index in [4.69, 9.17) is 4.74 Å². The van der Waals surface area contributed by atoms with Gasteiger partial charge < -0.3 is 9.72 Å². The molecule has 0 amide bonds. The predicted molar refractivity (Wildman–Crippen MR) is 122 cm³/mol. The minimum absolute atomic E-state index is 0. The maximum absolute atomic E-state index is 12.7. The minimum Gasteiger partial charge on any atom is -0.457 e. The van der Waals surface area contributed by atoms with E-state index in [0.717, 1.165) is 33.4 Å². The van der Waals surface area contributed by atoms with Crippen LogP contribution in [0.1, 0.15) is 19.5 Å². The second-order valence-electron chi connectivity index (χ2n) is 6.46. The summed E-state index contributed by atoms with van der Waals surface area (Å²) in [7, 11) is 0. The zero-order valence-corrected chi connectivity index (χ0v) is 17.6. The number of nitriles is 1. The van der Waals surface area contributed by atoms with Crippen LogP contribution in [-0.2, 0) is 16.1 Å². The Labute approximate surface area is 178 Å². The number of aryl methyl sites for hydroxylation is 1. The fourth-order valence-corrected chi connectivity index (χ4v) is 4.20. The van der Waals surface area contributed by atoms with E-state index in [1.54, 1.807) is 19.1 Å². The molecule has 0 aliphatic heterocycles. The van der Waals surface area contributed by atoms with E-state index in [-0.39, 0.29) is 19.2 Å². The predicted octanol–water partition coefficient (Wildman–Crippen LogP) is 2.86. The van der Waals surface area contributed by atoms with Gasteiger partial charge in [0.2, 0.25) is 0 Å². The highest BCUT2D eigenvalue weighted by atomic mass is 32.1. The third-order valence-corrected chi connectivity index (χ3v) is 5.71. The van der Waals surface area contributed by atoms with Gasteiger partial charge in [-0.3, -0.25) is 9.36 Å². The Morgan fingerprint density at radius 3 is 2.97 bits per heavy atom. The van der Waals surface area contributed by atoms with Gasteiger partial charge in [0, 0.05) is 25.1 Å². The molecule has 1 N–H and O–H groups in total. The second kappa shape index (κ2) is 9.25. The molecule has 0 radical (unpaired) electrons. The summed E-state index contributed by atoms with van der Waals surface area (Å²) in [5.41, 5.74) is 2.82.